The van der Waals surface area contributed by atoms with Crippen LogP contribution in [0.2, 0.25) is 0 Å². The van der Waals surface area contributed by atoms with Crippen molar-refractivity contribution in [1.29, 1.82) is 0 Å². The Balaban J connectivity index is 1.53. The van der Waals surface area contributed by atoms with Gasteiger partial charge in [-0.1, -0.05) is 24.3 Å². The van der Waals surface area contributed by atoms with Gasteiger partial charge in [-0.25, -0.2) is 23.5 Å². The number of nitrogens with one attached hydrogen (secondary N) is 2. The molecule has 3 heterocycles. The topological polar surface area (TPSA) is 125 Å². The molecule has 0 atom stereocenters. The Hall–Kier alpha value is -5.63. The van der Waals surface area contributed by atoms with E-state index in [4.69, 9.17) is 9.47 Å². The fourth-order valence-electron chi connectivity index (χ4n) is 4.74. The molecule has 1 aliphatic rings. The average molecular weight is 631 g/mol. The van der Waals surface area contributed by atoms with Crippen LogP contribution < -0.4 is 29.9 Å². The van der Waals surface area contributed by atoms with Crippen LogP contribution in [0, 0.1) is 11.6 Å². The largest absolute Gasteiger partial charge is 0.493 e. The summed E-state index contributed by atoms with van der Waals surface area (Å²) in [7, 11) is 6.24. The van der Waals surface area contributed by atoms with Crippen molar-refractivity contribution in [3.8, 4) is 11.5 Å². The van der Waals surface area contributed by atoms with E-state index in [0.29, 0.717) is 29.2 Å². The zero-order valence-electron chi connectivity index (χ0n) is 25.6. The normalized spacial score (nSPS) is 12.8. The van der Waals surface area contributed by atoms with Gasteiger partial charge in [0.15, 0.2) is 23.1 Å². The molecule has 0 spiro atoms. The fourth-order valence-corrected chi connectivity index (χ4v) is 4.74. The molecule has 1 aliphatic heterocycles. The van der Waals surface area contributed by atoms with E-state index in [1.807, 2.05) is 19.0 Å². The zero-order valence-corrected chi connectivity index (χ0v) is 25.6. The van der Waals surface area contributed by atoms with E-state index in [1.54, 1.807) is 54.7 Å². The number of rotatable bonds is 11. The Bertz CT molecular complexity index is 1740. The van der Waals surface area contributed by atoms with E-state index in [0.717, 1.165) is 11.0 Å². The molecule has 46 heavy (non-hydrogen) atoms. The zero-order chi connectivity index (χ0) is 32.8. The number of hydrogen-bond donors (Lipinski definition) is 2. The van der Waals surface area contributed by atoms with Crippen LogP contribution in [-0.4, -0.2) is 66.6 Å². The lowest BCUT2D eigenvalue weighted by Crippen LogP contribution is -2.48. The summed E-state index contributed by atoms with van der Waals surface area (Å²) in [6.45, 7) is 0.292. The number of methoxy groups -OCH3 is 2. The second-order valence-corrected chi connectivity index (χ2v) is 10.4. The molecule has 2 N–H and O–H groups in total. The van der Waals surface area contributed by atoms with Crippen molar-refractivity contribution < 1.29 is 27.8 Å². The predicted molar refractivity (Wildman–Crippen MR) is 170 cm³/mol. The third-order valence-electron chi connectivity index (χ3n) is 6.89. The Labute approximate surface area is 264 Å². The number of amides is 3. The van der Waals surface area contributed by atoms with Crippen molar-refractivity contribution in [1.82, 2.24) is 19.9 Å². The fraction of sp³-hybridized carbons (Fsp3) is 0.219. The summed E-state index contributed by atoms with van der Waals surface area (Å²) in [5, 5.41) is 5.81. The van der Waals surface area contributed by atoms with Crippen LogP contribution in [0.15, 0.2) is 73.1 Å². The van der Waals surface area contributed by atoms with Gasteiger partial charge in [0, 0.05) is 42.3 Å². The maximum absolute atomic E-state index is 15.6. The van der Waals surface area contributed by atoms with Crippen LogP contribution in [0.4, 0.5) is 42.5 Å². The maximum atomic E-state index is 15.6. The number of carbonyl (C=O) groups is 2. The van der Waals surface area contributed by atoms with E-state index in [9.17, 15) is 9.59 Å². The van der Waals surface area contributed by atoms with Crippen LogP contribution in [0.25, 0.3) is 0 Å². The molecule has 4 aromatic rings. The number of pyridine rings is 1. The monoisotopic (exact) mass is 630 g/mol. The van der Waals surface area contributed by atoms with Crippen molar-refractivity contribution >= 4 is 40.9 Å². The van der Waals surface area contributed by atoms with Gasteiger partial charge in [-0.15, -0.1) is 0 Å². The third-order valence-corrected chi connectivity index (χ3v) is 6.89. The van der Waals surface area contributed by atoms with Gasteiger partial charge in [-0.2, -0.15) is 4.98 Å². The van der Waals surface area contributed by atoms with Crippen LogP contribution in [-0.2, 0) is 17.9 Å². The van der Waals surface area contributed by atoms with E-state index in [-0.39, 0.29) is 42.3 Å². The first-order valence-corrected chi connectivity index (χ1v) is 14.1. The molecule has 14 heteroatoms. The van der Waals surface area contributed by atoms with Crippen molar-refractivity contribution in [3.05, 3.63) is 95.8 Å². The molecule has 0 saturated carbocycles. The standard InChI is InChI=1S/C32H32F2N8O4/c1-40(2)14-8-12-26(43)37-22-10-7-9-20(15-22)18-42-30-21(17-36-31(39-30)38-25-11-5-6-13-35-25)19-41(32(42)44)29-27(33)23(45-3)16-24(46-4)28(29)34/h5-13,15-17H,14,18-19H2,1-4H3,(H,37,43)(H,35,36,38,39)/b12-8+. The third kappa shape index (κ3) is 7.02. The van der Waals surface area contributed by atoms with Crippen molar-refractivity contribution in [3.63, 3.8) is 0 Å². The average Bonchev–Trinajstić information content (AvgIpc) is 3.04. The minimum atomic E-state index is -1.07. The minimum absolute atomic E-state index is 0.0626. The van der Waals surface area contributed by atoms with Gasteiger partial charge in [-0.3, -0.25) is 14.6 Å². The number of aromatic nitrogens is 3. The first-order chi connectivity index (χ1) is 22.2. The molecule has 3 amide bonds. The van der Waals surface area contributed by atoms with Crippen LogP contribution in [0.1, 0.15) is 11.1 Å². The molecule has 0 aliphatic carbocycles. The molecule has 238 valence electrons. The number of anilines is 5. The van der Waals surface area contributed by atoms with Crippen molar-refractivity contribution in [2.24, 2.45) is 0 Å². The molecule has 0 unspecified atom stereocenters. The van der Waals surface area contributed by atoms with Crippen molar-refractivity contribution in [2.45, 2.75) is 13.1 Å². The van der Waals surface area contributed by atoms with Crippen LogP contribution in [0.3, 0.4) is 0 Å². The highest BCUT2D eigenvalue weighted by Crippen LogP contribution is 2.41. The number of likely N-dealkylation sites (N-methyl/N-ethyl adjacent to an activating group) is 1. The van der Waals surface area contributed by atoms with E-state index in [2.05, 4.69) is 25.6 Å². The quantitative estimate of drug-likeness (QED) is 0.218. The van der Waals surface area contributed by atoms with E-state index >= 15 is 8.78 Å². The molecule has 5 rings (SSSR count). The number of hydrogen-bond acceptors (Lipinski definition) is 9. The first-order valence-electron chi connectivity index (χ1n) is 14.1. The second-order valence-electron chi connectivity index (χ2n) is 10.4. The summed E-state index contributed by atoms with van der Waals surface area (Å²) >= 11 is 0. The van der Waals surface area contributed by atoms with Gasteiger partial charge in [0.25, 0.3) is 0 Å². The number of nitrogens with zero attached hydrogens (tertiary/aromatic N) is 6. The maximum Gasteiger partial charge on any atom is 0.330 e. The Morgan fingerprint density at radius 1 is 1.04 bits per heavy atom. The number of urea groups is 1. The highest BCUT2D eigenvalue weighted by Gasteiger charge is 2.38. The first kappa shape index (κ1) is 31.8. The summed E-state index contributed by atoms with van der Waals surface area (Å²) in [5.74, 6) is -2.19. The van der Waals surface area contributed by atoms with Crippen LogP contribution >= 0.6 is 0 Å². The van der Waals surface area contributed by atoms with Gasteiger partial charge in [0.05, 0.1) is 27.3 Å². The lowest BCUT2D eigenvalue weighted by atomic mass is 10.1. The Kier molecular flexibility index (Phi) is 9.67. The summed E-state index contributed by atoms with van der Waals surface area (Å²) in [4.78, 5) is 43.9. The predicted octanol–water partition coefficient (Wildman–Crippen LogP) is 5.11. The minimum Gasteiger partial charge on any atom is -0.493 e. The van der Waals surface area contributed by atoms with Gasteiger partial charge >= 0.3 is 6.03 Å². The molecule has 0 saturated heterocycles. The number of halogens is 2. The highest BCUT2D eigenvalue weighted by atomic mass is 19.1. The number of benzene rings is 2. The SMILES string of the molecule is COc1cc(OC)c(F)c(N2Cc3cnc(Nc4ccccn4)nc3N(Cc3cccc(NC(=O)/C=C/CN(C)C)c3)C2=O)c1F. The summed E-state index contributed by atoms with van der Waals surface area (Å²) in [6.07, 6.45) is 6.25. The number of carbonyl (C=O) groups excluding carboxylic acids is 2. The van der Waals surface area contributed by atoms with Gasteiger partial charge in [0.2, 0.25) is 11.9 Å². The van der Waals surface area contributed by atoms with Crippen molar-refractivity contribution in [2.75, 3.05) is 55.3 Å². The molecule has 0 bridgehead atoms. The van der Waals surface area contributed by atoms with Gasteiger partial charge in [-0.05, 0) is 43.9 Å². The molecular formula is C32H32F2N8O4. The molecule has 12 nitrogen and oxygen atoms in total. The summed E-state index contributed by atoms with van der Waals surface area (Å²) in [6, 6.07) is 12.5. The van der Waals surface area contributed by atoms with E-state index in [1.165, 1.54) is 31.4 Å². The highest BCUT2D eigenvalue weighted by molar-refractivity contribution is 6.06. The smallest absolute Gasteiger partial charge is 0.330 e. The molecule has 0 radical (unpaired) electrons. The second kappa shape index (κ2) is 14.0. The molecule has 0 fully saturated rings. The summed E-state index contributed by atoms with van der Waals surface area (Å²) in [5.41, 5.74) is 0.881. The number of fused-ring (bicyclic) bond motifs is 1. The lowest BCUT2D eigenvalue weighted by Gasteiger charge is -2.36. The Morgan fingerprint density at radius 3 is 2.48 bits per heavy atom. The van der Waals surface area contributed by atoms with E-state index < -0.39 is 23.4 Å². The summed E-state index contributed by atoms with van der Waals surface area (Å²) < 4.78 is 41.4. The van der Waals surface area contributed by atoms with Gasteiger partial charge in [0.1, 0.15) is 17.3 Å². The van der Waals surface area contributed by atoms with Gasteiger partial charge < -0.3 is 25.0 Å². The molecule has 2 aromatic carbocycles. The molecule has 2 aromatic heterocycles. The Morgan fingerprint density at radius 2 is 1.80 bits per heavy atom. The number of ether oxygens (including phenoxy) is 2. The lowest BCUT2D eigenvalue weighted by molar-refractivity contribution is -0.111. The molecular weight excluding hydrogens is 598 g/mol. The van der Waals surface area contributed by atoms with Crippen LogP contribution in [0.5, 0.6) is 11.5 Å².